The highest BCUT2D eigenvalue weighted by Crippen LogP contribution is 2.38. The number of rotatable bonds is 4. The minimum absolute atomic E-state index is 0.131. The van der Waals surface area contributed by atoms with Gasteiger partial charge >= 0.3 is 0 Å². The van der Waals surface area contributed by atoms with E-state index in [0.29, 0.717) is 34.9 Å². The molecule has 0 bridgehead atoms. The molecule has 4 aromatic rings. The maximum absolute atomic E-state index is 13.7. The van der Waals surface area contributed by atoms with E-state index < -0.39 is 6.04 Å². The summed E-state index contributed by atoms with van der Waals surface area (Å²) in [5, 5.41) is 7.55. The fourth-order valence-corrected chi connectivity index (χ4v) is 4.62. The van der Waals surface area contributed by atoms with E-state index in [-0.39, 0.29) is 11.5 Å². The predicted octanol–water partition coefficient (Wildman–Crippen LogP) is 5.54. The van der Waals surface area contributed by atoms with Crippen molar-refractivity contribution in [3.8, 4) is 11.1 Å². The molecule has 6 nitrogen and oxygen atoms in total. The Morgan fingerprint density at radius 3 is 2.61 bits per heavy atom. The third kappa shape index (κ3) is 3.56. The molecule has 0 N–H and O–H groups in total. The first-order chi connectivity index (χ1) is 16.0. The predicted molar refractivity (Wildman–Crippen MR) is 129 cm³/mol. The van der Waals surface area contributed by atoms with Gasteiger partial charge < -0.3 is 8.98 Å². The van der Waals surface area contributed by atoms with Crippen molar-refractivity contribution < 1.29 is 9.21 Å². The van der Waals surface area contributed by atoms with Gasteiger partial charge in [-0.1, -0.05) is 48.9 Å². The molecule has 1 atom stereocenters. The Kier molecular flexibility index (Phi) is 5.38. The SMILES string of the molecule is CCC(=O)N1N=C(c2c(-c3ccccc3)c3cc(Cl)ccc3n(C)c2=O)C[C@H]1c1ccco1. The number of nitrogens with zero attached hydrogens (tertiary/aromatic N) is 3. The molecular weight excluding hydrogens is 438 g/mol. The van der Waals surface area contributed by atoms with Crippen LogP contribution in [0.25, 0.3) is 22.0 Å². The lowest BCUT2D eigenvalue weighted by Crippen LogP contribution is -2.26. The van der Waals surface area contributed by atoms with E-state index in [4.69, 9.17) is 16.0 Å². The van der Waals surface area contributed by atoms with Crippen molar-refractivity contribution in [2.45, 2.75) is 25.8 Å². The monoisotopic (exact) mass is 459 g/mol. The van der Waals surface area contributed by atoms with Crippen LogP contribution in [-0.2, 0) is 11.8 Å². The van der Waals surface area contributed by atoms with Gasteiger partial charge in [0.15, 0.2) is 0 Å². The number of hydrogen-bond acceptors (Lipinski definition) is 4. The van der Waals surface area contributed by atoms with Crippen LogP contribution in [0.1, 0.15) is 37.1 Å². The van der Waals surface area contributed by atoms with Crippen LogP contribution in [0.2, 0.25) is 5.02 Å². The zero-order chi connectivity index (χ0) is 23.1. The van der Waals surface area contributed by atoms with Crippen molar-refractivity contribution in [2.75, 3.05) is 0 Å². The molecule has 0 fully saturated rings. The molecule has 7 heteroatoms. The van der Waals surface area contributed by atoms with Crippen molar-refractivity contribution in [3.63, 3.8) is 0 Å². The Morgan fingerprint density at radius 2 is 1.91 bits per heavy atom. The molecule has 1 amide bonds. The minimum atomic E-state index is -0.397. The van der Waals surface area contributed by atoms with Crippen molar-refractivity contribution in [1.82, 2.24) is 9.58 Å². The Labute approximate surface area is 195 Å². The first-order valence-corrected chi connectivity index (χ1v) is 11.2. The molecule has 1 aliphatic heterocycles. The van der Waals surface area contributed by atoms with Crippen molar-refractivity contribution in [1.29, 1.82) is 0 Å². The highest BCUT2D eigenvalue weighted by atomic mass is 35.5. The zero-order valence-corrected chi connectivity index (χ0v) is 19.0. The van der Waals surface area contributed by atoms with Gasteiger partial charge in [0.2, 0.25) is 5.91 Å². The van der Waals surface area contributed by atoms with Gasteiger partial charge in [-0.2, -0.15) is 5.10 Å². The third-order valence-electron chi connectivity index (χ3n) is 6.05. The number of benzene rings is 2. The Bertz CT molecular complexity index is 1440. The largest absolute Gasteiger partial charge is 0.467 e. The van der Waals surface area contributed by atoms with Gasteiger partial charge in [-0.15, -0.1) is 0 Å². The molecule has 3 heterocycles. The first kappa shape index (κ1) is 21.2. The molecule has 0 aliphatic carbocycles. The smallest absolute Gasteiger partial charge is 0.260 e. The molecular formula is C26H22ClN3O3. The molecule has 33 heavy (non-hydrogen) atoms. The van der Waals surface area contributed by atoms with Gasteiger partial charge in [-0.3, -0.25) is 9.59 Å². The Morgan fingerprint density at radius 1 is 1.12 bits per heavy atom. The van der Waals surface area contributed by atoms with E-state index in [2.05, 4.69) is 5.10 Å². The molecule has 166 valence electrons. The quantitative estimate of drug-likeness (QED) is 0.402. The second-order valence-corrected chi connectivity index (χ2v) is 8.45. The van der Waals surface area contributed by atoms with Crippen LogP contribution >= 0.6 is 11.6 Å². The standard InChI is InChI=1S/C26H22ClN3O3/c1-3-23(31)30-21(22-10-7-13-33-22)15-19(28-30)25-24(16-8-5-4-6-9-16)18-14-17(27)11-12-20(18)29(2)26(25)32/h4-14,21H,3,15H2,1-2H3/t21-/m0/s1. The third-order valence-corrected chi connectivity index (χ3v) is 6.28. The van der Waals surface area contributed by atoms with Crippen LogP contribution in [0.15, 0.2) is 81.2 Å². The first-order valence-electron chi connectivity index (χ1n) is 10.8. The number of hydrazone groups is 1. The van der Waals surface area contributed by atoms with Crippen LogP contribution in [0, 0.1) is 0 Å². The molecule has 5 rings (SSSR count). The van der Waals surface area contributed by atoms with E-state index in [1.807, 2.05) is 48.5 Å². The average Bonchev–Trinajstić information content (AvgIpc) is 3.51. The van der Waals surface area contributed by atoms with Gasteiger partial charge in [-0.25, -0.2) is 5.01 Å². The summed E-state index contributed by atoms with van der Waals surface area (Å²) in [5.41, 5.74) is 3.27. The lowest BCUT2D eigenvalue weighted by atomic mass is 9.91. The summed E-state index contributed by atoms with van der Waals surface area (Å²) in [6, 6.07) is 18.4. The van der Waals surface area contributed by atoms with Gasteiger partial charge in [0.05, 0.1) is 23.1 Å². The molecule has 0 saturated carbocycles. The van der Waals surface area contributed by atoms with Crippen molar-refractivity contribution >= 4 is 34.1 Å². The van der Waals surface area contributed by atoms with E-state index in [0.717, 1.165) is 22.0 Å². The number of fused-ring (bicyclic) bond motifs is 1. The lowest BCUT2D eigenvalue weighted by Gasteiger charge is -2.18. The van der Waals surface area contributed by atoms with Gasteiger partial charge in [-0.05, 0) is 35.9 Å². The Hall–Kier alpha value is -3.64. The van der Waals surface area contributed by atoms with E-state index in [1.54, 1.807) is 36.9 Å². The van der Waals surface area contributed by atoms with E-state index in [1.165, 1.54) is 5.01 Å². The highest BCUT2D eigenvalue weighted by Gasteiger charge is 2.36. The molecule has 2 aromatic carbocycles. The summed E-state index contributed by atoms with van der Waals surface area (Å²) in [4.78, 5) is 26.4. The van der Waals surface area contributed by atoms with Crippen LogP contribution in [0.5, 0.6) is 0 Å². The number of carbonyl (C=O) groups is 1. The number of carbonyl (C=O) groups excluding carboxylic acids is 1. The molecule has 0 saturated heterocycles. The maximum atomic E-state index is 13.7. The summed E-state index contributed by atoms with van der Waals surface area (Å²) in [7, 11) is 1.74. The Balaban J connectivity index is 1.80. The highest BCUT2D eigenvalue weighted by molar-refractivity contribution is 6.31. The maximum Gasteiger partial charge on any atom is 0.260 e. The molecule has 0 unspecified atom stereocenters. The number of pyridine rings is 1. The summed E-state index contributed by atoms with van der Waals surface area (Å²) in [6.07, 6.45) is 2.25. The molecule has 1 aliphatic rings. The molecule has 0 spiro atoms. The topological polar surface area (TPSA) is 67.8 Å². The second-order valence-electron chi connectivity index (χ2n) is 8.02. The second kappa shape index (κ2) is 8.37. The average molecular weight is 460 g/mol. The number of hydrogen-bond donors (Lipinski definition) is 0. The minimum Gasteiger partial charge on any atom is -0.467 e. The van der Waals surface area contributed by atoms with Crippen LogP contribution in [0.3, 0.4) is 0 Å². The number of aryl methyl sites for hydroxylation is 1. The van der Waals surface area contributed by atoms with Gasteiger partial charge in [0, 0.05) is 35.9 Å². The number of furan rings is 1. The summed E-state index contributed by atoms with van der Waals surface area (Å²) in [5.74, 6) is 0.505. The van der Waals surface area contributed by atoms with Gasteiger partial charge in [0.25, 0.3) is 5.56 Å². The fourth-order valence-electron chi connectivity index (χ4n) is 4.45. The van der Waals surface area contributed by atoms with Crippen LogP contribution < -0.4 is 5.56 Å². The number of halogens is 1. The zero-order valence-electron chi connectivity index (χ0n) is 18.3. The number of amides is 1. The lowest BCUT2D eigenvalue weighted by molar-refractivity contribution is -0.133. The molecule has 0 radical (unpaired) electrons. The van der Waals surface area contributed by atoms with Gasteiger partial charge in [0.1, 0.15) is 11.8 Å². The summed E-state index contributed by atoms with van der Waals surface area (Å²) < 4.78 is 7.23. The van der Waals surface area contributed by atoms with Crippen molar-refractivity contribution in [3.05, 3.63) is 93.6 Å². The number of aromatic nitrogens is 1. The van der Waals surface area contributed by atoms with E-state index in [9.17, 15) is 9.59 Å². The van der Waals surface area contributed by atoms with Crippen molar-refractivity contribution in [2.24, 2.45) is 12.1 Å². The van der Waals surface area contributed by atoms with Crippen LogP contribution in [0.4, 0.5) is 0 Å². The molecule has 2 aromatic heterocycles. The van der Waals surface area contributed by atoms with Crippen LogP contribution in [-0.4, -0.2) is 21.2 Å². The van der Waals surface area contributed by atoms with E-state index >= 15 is 0 Å². The normalized spacial score (nSPS) is 15.8. The fraction of sp³-hybridized carbons (Fsp3) is 0.192. The summed E-state index contributed by atoms with van der Waals surface area (Å²) >= 11 is 6.37. The summed E-state index contributed by atoms with van der Waals surface area (Å²) in [6.45, 7) is 1.79.